The molecule has 184 valence electrons. The first-order chi connectivity index (χ1) is 17.4. The molecule has 0 aliphatic rings. The maximum atomic E-state index is 13.5. The number of hydrogen-bond donors (Lipinski definition) is 1. The zero-order valence-electron chi connectivity index (χ0n) is 19.3. The van der Waals surface area contributed by atoms with E-state index in [1.54, 1.807) is 54.6 Å². The van der Waals surface area contributed by atoms with Crippen molar-refractivity contribution >= 4 is 38.9 Å². The lowest BCUT2D eigenvalue weighted by atomic mass is 10.2. The van der Waals surface area contributed by atoms with Crippen LogP contribution in [0.3, 0.4) is 0 Å². The first kappa shape index (κ1) is 25.1. The molecule has 0 bridgehead atoms. The number of para-hydroxylation sites is 1. The number of rotatable bonds is 9. The van der Waals surface area contributed by atoms with Crippen LogP contribution in [0.5, 0.6) is 17.2 Å². The molecule has 0 unspecified atom stereocenters. The molecule has 7 nitrogen and oxygen atoms in total. The van der Waals surface area contributed by atoms with Crippen LogP contribution in [0, 0.1) is 0 Å². The van der Waals surface area contributed by atoms with Gasteiger partial charge in [-0.15, -0.1) is 0 Å². The van der Waals surface area contributed by atoms with Crippen LogP contribution in [0.15, 0.2) is 108 Å². The lowest BCUT2D eigenvalue weighted by Crippen LogP contribution is -2.38. The number of benzene rings is 4. The summed E-state index contributed by atoms with van der Waals surface area (Å²) in [5.74, 6) is 0.991. The lowest BCUT2D eigenvalue weighted by molar-refractivity contribution is -0.114. The highest BCUT2D eigenvalue weighted by molar-refractivity contribution is 7.92. The first-order valence-corrected chi connectivity index (χ1v) is 12.7. The summed E-state index contributed by atoms with van der Waals surface area (Å²) in [6, 6.07) is 28.5. The molecule has 0 heterocycles. The summed E-state index contributed by atoms with van der Waals surface area (Å²) >= 11 is 6.16. The Balaban J connectivity index is 1.57. The number of nitrogens with one attached hydrogen (secondary N) is 1. The predicted octanol–water partition coefficient (Wildman–Crippen LogP) is 5.97. The molecule has 1 N–H and O–H groups in total. The third kappa shape index (κ3) is 5.97. The number of methoxy groups -OCH3 is 1. The molecule has 9 heteroatoms. The maximum Gasteiger partial charge on any atom is 0.264 e. The molecule has 0 aliphatic carbocycles. The average Bonchev–Trinajstić information content (AvgIpc) is 2.89. The number of anilines is 2. The molecule has 0 atom stereocenters. The standard InChI is InChI=1S/C27H23ClN2O5S/c1-34-26-17-12-20(28)18-25(26)30(36(32,33)24-10-6-3-7-11-24)19-27(31)29-21-13-15-23(16-14-21)35-22-8-4-2-5-9-22/h2-18H,19H2,1H3,(H,29,31). The molecule has 4 aromatic carbocycles. The van der Waals surface area contributed by atoms with E-state index in [1.165, 1.54) is 25.3 Å². The second-order valence-electron chi connectivity index (χ2n) is 7.63. The highest BCUT2D eigenvalue weighted by atomic mass is 35.5. The van der Waals surface area contributed by atoms with E-state index in [0.29, 0.717) is 22.2 Å². The van der Waals surface area contributed by atoms with E-state index in [2.05, 4.69) is 5.32 Å². The van der Waals surface area contributed by atoms with Gasteiger partial charge >= 0.3 is 0 Å². The van der Waals surface area contributed by atoms with Gasteiger partial charge in [0, 0.05) is 10.7 Å². The quantitative estimate of drug-likeness (QED) is 0.292. The molecular weight excluding hydrogens is 500 g/mol. The molecule has 4 aromatic rings. The van der Waals surface area contributed by atoms with Crippen LogP contribution in [0.1, 0.15) is 0 Å². The van der Waals surface area contributed by atoms with Crippen LogP contribution in [-0.4, -0.2) is 28.0 Å². The van der Waals surface area contributed by atoms with Gasteiger partial charge in [-0.2, -0.15) is 0 Å². The fourth-order valence-corrected chi connectivity index (χ4v) is 5.05. The Morgan fingerprint density at radius 3 is 2.11 bits per heavy atom. The largest absolute Gasteiger partial charge is 0.495 e. The third-order valence-electron chi connectivity index (χ3n) is 5.14. The number of halogens is 1. The van der Waals surface area contributed by atoms with Gasteiger partial charge in [0.25, 0.3) is 10.0 Å². The number of carbonyl (C=O) groups excluding carboxylic acids is 1. The summed E-state index contributed by atoms with van der Waals surface area (Å²) in [7, 11) is -2.70. The van der Waals surface area contributed by atoms with Gasteiger partial charge in [0.1, 0.15) is 23.8 Å². The van der Waals surface area contributed by atoms with Crippen molar-refractivity contribution in [2.75, 3.05) is 23.3 Å². The average molecular weight is 523 g/mol. The Morgan fingerprint density at radius 2 is 1.47 bits per heavy atom. The molecule has 4 rings (SSSR count). The summed E-state index contributed by atoms with van der Waals surface area (Å²) in [5.41, 5.74) is 0.631. The van der Waals surface area contributed by atoms with Gasteiger partial charge in [-0.1, -0.05) is 48.0 Å². The van der Waals surface area contributed by atoms with Gasteiger partial charge in [0.15, 0.2) is 0 Å². The van der Waals surface area contributed by atoms with Crippen molar-refractivity contribution in [3.05, 3.63) is 108 Å². The van der Waals surface area contributed by atoms with Crippen molar-refractivity contribution in [3.8, 4) is 17.2 Å². The van der Waals surface area contributed by atoms with Crippen LogP contribution in [0.4, 0.5) is 11.4 Å². The van der Waals surface area contributed by atoms with Gasteiger partial charge in [-0.25, -0.2) is 8.42 Å². The van der Waals surface area contributed by atoms with Crippen molar-refractivity contribution in [1.82, 2.24) is 0 Å². The number of carbonyl (C=O) groups is 1. The van der Waals surface area contributed by atoms with Crippen LogP contribution in [0.25, 0.3) is 0 Å². The molecule has 0 aromatic heterocycles. The minimum Gasteiger partial charge on any atom is -0.495 e. The second kappa shape index (κ2) is 11.2. The van der Waals surface area contributed by atoms with Crippen molar-refractivity contribution in [1.29, 1.82) is 0 Å². The summed E-state index contributed by atoms with van der Waals surface area (Å²) in [5, 5.41) is 3.03. The minimum absolute atomic E-state index is 0.0299. The van der Waals surface area contributed by atoms with Gasteiger partial charge in [-0.05, 0) is 66.7 Å². The van der Waals surface area contributed by atoms with Crippen LogP contribution in [0.2, 0.25) is 5.02 Å². The van der Waals surface area contributed by atoms with Crippen LogP contribution in [-0.2, 0) is 14.8 Å². The van der Waals surface area contributed by atoms with Crippen LogP contribution >= 0.6 is 11.6 Å². The number of amides is 1. The first-order valence-electron chi connectivity index (χ1n) is 10.9. The minimum atomic E-state index is -4.12. The lowest BCUT2D eigenvalue weighted by Gasteiger charge is -2.26. The summed E-state index contributed by atoms with van der Waals surface area (Å²) in [6.45, 7) is -0.504. The van der Waals surface area contributed by atoms with Crippen molar-refractivity contribution in [2.45, 2.75) is 4.90 Å². The van der Waals surface area contributed by atoms with Gasteiger partial charge in [0.2, 0.25) is 5.91 Å². The smallest absolute Gasteiger partial charge is 0.264 e. The fourth-order valence-electron chi connectivity index (χ4n) is 3.44. The normalized spacial score (nSPS) is 10.9. The third-order valence-corrected chi connectivity index (χ3v) is 7.15. The van der Waals surface area contributed by atoms with E-state index in [1.807, 2.05) is 30.3 Å². The molecule has 36 heavy (non-hydrogen) atoms. The molecule has 0 aliphatic heterocycles. The monoisotopic (exact) mass is 522 g/mol. The number of sulfonamides is 1. The molecule has 0 saturated carbocycles. The fraction of sp³-hybridized carbons (Fsp3) is 0.0741. The highest BCUT2D eigenvalue weighted by Crippen LogP contribution is 2.35. The molecule has 0 fully saturated rings. The van der Waals surface area contributed by atoms with Crippen molar-refractivity contribution < 1.29 is 22.7 Å². The van der Waals surface area contributed by atoms with E-state index < -0.39 is 22.5 Å². The van der Waals surface area contributed by atoms with E-state index in [-0.39, 0.29) is 16.3 Å². The Kier molecular flexibility index (Phi) is 7.77. The predicted molar refractivity (Wildman–Crippen MR) is 141 cm³/mol. The zero-order valence-corrected chi connectivity index (χ0v) is 20.9. The maximum absolute atomic E-state index is 13.5. The summed E-state index contributed by atoms with van der Waals surface area (Å²) in [6.07, 6.45) is 0. The summed E-state index contributed by atoms with van der Waals surface area (Å²) in [4.78, 5) is 13.0. The van der Waals surface area contributed by atoms with Gasteiger partial charge in [-0.3, -0.25) is 9.10 Å². The molecule has 0 saturated heterocycles. The van der Waals surface area contributed by atoms with Gasteiger partial charge < -0.3 is 14.8 Å². The topological polar surface area (TPSA) is 84.9 Å². The second-order valence-corrected chi connectivity index (χ2v) is 9.93. The van der Waals surface area contributed by atoms with Crippen molar-refractivity contribution in [2.24, 2.45) is 0 Å². The van der Waals surface area contributed by atoms with E-state index >= 15 is 0 Å². The van der Waals surface area contributed by atoms with Gasteiger partial charge in [0.05, 0.1) is 17.7 Å². The Morgan fingerprint density at radius 1 is 0.861 bits per heavy atom. The van der Waals surface area contributed by atoms with E-state index in [9.17, 15) is 13.2 Å². The number of nitrogens with zero attached hydrogens (tertiary/aromatic N) is 1. The number of ether oxygens (including phenoxy) is 2. The summed E-state index contributed by atoms with van der Waals surface area (Å²) < 4.78 is 39.2. The van der Waals surface area contributed by atoms with E-state index in [0.717, 1.165) is 4.31 Å². The Labute approximate surface area is 214 Å². The Hall–Kier alpha value is -4.01. The SMILES string of the molecule is COc1ccc(Cl)cc1N(CC(=O)Nc1ccc(Oc2ccccc2)cc1)S(=O)(=O)c1ccccc1. The number of hydrogen-bond acceptors (Lipinski definition) is 5. The van der Waals surface area contributed by atoms with Crippen LogP contribution < -0.4 is 19.1 Å². The molecule has 0 radical (unpaired) electrons. The highest BCUT2D eigenvalue weighted by Gasteiger charge is 2.29. The Bertz CT molecular complexity index is 1430. The van der Waals surface area contributed by atoms with E-state index in [4.69, 9.17) is 21.1 Å². The molecule has 1 amide bonds. The molecule has 0 spiro atoms. The zero-order chi connectivity index (χ0) is 25.5. The molecular formula is C27H23ClN2O5S. The van der Waals surface area contributed by atoms with Crippen molar-refractivity contribution in [3.63, 3.8) is 0 Å².